The summed E-state index contributed by atoms with van der Waals surface area (Å²) in [6.45, 7) is 0.345. The molecule has 2 aliphatic rings. The number of carbonyl (C=O) groups is 2. The van der Waals surface area contributed by atoms with Crippen molar-refractivity contribution < 1.29 is 9.59 Å². The second kappa shape index (κ2) is 5.74. The normalized spacial score (nSPS) is 23.5. The van der Waals surface area contributed by atoms with Crippen LogP contribution in [0.5, 0.6) is 0 Å². The molecule has 2 heterocycles. The highest BCUT2D eigenvalue weighted by atomic mass is 32.2. The van der Waals surface area contributed by atoms with Crippen LogP contribution in [0.2, 0.25) is 0 Å². The lowest BCUT2D eigenvalue weighted by Gasteiger charge is -2.23. The van der Waals surface area contributed by atoms with Crippen LogP contribution in [0.3, 0.4) is 0 Å². The van der Waals surface area contributed by atoms with Crippen molar-refractivity contribution in [3.63, 3.8) is 0 Å². The predicted molar refractivity (Wildman–Crippen MR) is 89.7 cm³/mol. The first-order chi connectivity index (χ1) is 11.3. The summed E-state index contributed by atoms with van der Waals surface area (Å²) in [6.07, 6.45) is 0. The highest BCUT2D eigenvalue weighted by Crippen LogP contribution is 2.45. The predicted octanol–water partition coefficient (Wildman–Crippen LogP) is 3.27. The van der Waals surface area contributed by atoms with Crippen LogP contribution in [0.25, 0.3) is 0 Å². The standard InChI is InChI=1S/C18H16N2O2S/c21-16-15-12-23-17(14-9-5-2-6-10-14)20(15)18(22)19(16)11-13-7-3-1-4-8-13/h1-10,15,17H,11-12H2/t15-,17-/m0/s1. The average Bonchev–Trinajstić information content (AvgIpc) is 3.13. The third-order valence-electron chi connectivity index (χ3n) is 4.27. The Morgan fingerprint density at radius 1 is 0.957 bits per heavy atom. The maximum Gasteiger partial charge on any atom is 0.328 e. The lowest BCUT2D eigenvalue weighted by molar-refractivity contribution is -0.128. The first-order valence-electron chi connectivity index (χ1n) is 7.60. The molecule has 0 N–H and O–H groups in total. The van der Waals surface area contributed by atoms with E-state index in [0.29, 0.717) is 12.3 Å². The van der Waals surface area contributed by atoms with Gasteiger partial charge in [0.25, 0.3) is 5.91 Å². The molecular formula is C18H16N2O2S. The number of benzene rings is 2. The second-order valence-electron chi connectivity index (χ2n) is 5.71. The fourth-order valence-electron chi connectivity index (χ4n) is 3.13. The molecule has 0 unspecified atom stereocenters. The van der Waals surface area contributed by atoms with Crippen molar-refractivity contribution in [2.45, 2.75) is 18.0 Å². The molecule has 0 aliphatic carbocycles. The number of urea groups is 1. The van der Waals surface area contributed by atoms with Gasteiger partial charge in [0, 0.05) is 5.75 Å². The van der Waals surface area contributed by atoms with E-state index < -0.39 is 0 Å². The van der Waals surface area contributed by atoms with Crippen LogP contribution in [0.1, 0.15) is 16.5 Å². The van der Waals surface area contributed by atoms with Crippen LogP contribution in [0, 0.1) is 0 Å². The largest absolute Gasteiger partial charge is 0.328 e. The Balaban J connectivity index is 1.60. The van der Waals surface area contributed by atoms with Crippen molar-refractivity contribution in [3.05, 3.63) is 71.8 Å². The van der Waals surface area contributed by atoms with E-state index >= 15 is 0 Å². The number of nitrogens with zero attached hydrogens (tertiary/aromatic N) is 2. The van der Waals surface area contributed by atoms with Crippen molar-refractivity contribution in [3.8, 4) is 0 Å². The summed E-state index contributed by atoms with van der Waals surface area (Å²) in [5.74, 6) is 0.583. The lowest BCUT2D eigenvalue weighted by Crippen LogP contribution is -2.33. The molecule has 2 aromatic carbocycles. The molecule has 0 bridgehead atoms. The Kier molecular flexibility index (Phi) is 3.58. The van der Waals surface area contributed by atoms with Crippen LogP contribution >= 0.6 is 11.8 Å². The number of amides is 3. The summed E-state index contributed by atoms with van der Waals surface area (Å²) in [6, 6.07) is 19.0. The maximum atomic E-state index is 12.8. The van der Waals surface area contributed by atoms with Gasteiger partial charge in [0.15, 0.2) is 0 Å². The number of hydrogen-bond donors (Lipinski definition) is 0. The van der Waals surface area contributed by atoms with Gasteiger partial charge in [-0.3, -0.25) is 14.6 Å². The molecule has 4 rings (SSSR count). The minimum absolute atomic E-state index is 0.0709. The maximum absolute atomic E-state index is 12.8. The Labute approximate surface area is 139 Å². The third-order valence-corrected chi connectivity index (χ3v) is 5.59. The number of hydrogen-bond acceptors (Lipinski definition) is 3. The summed E-state index contributed by atoms with van der Waals surface area (Å²) < 4.78 is 0. The van der Waals surface area contributed by atoms with Crippen molar-refractivity contribution in [1.82, 2.24) is 9.80 Å². The number of imide groups is 1. The number of fused-ring (bicyclic) bond motifs is 1. The molecule has 2 saturated heterocycles. The Morgan fingerprint density at radius 2 is 1.61 bits per heavy atom. The quantitative estimate of drug-likeness (QED) is 0.814. The highest BCUT2D eigenvalue weighted by molar-refractivity contribution is 7.99. The van der Waals surface area contributed by atoms with Crippen molar-refractivity contribution in [1.29, 1.82) is 0 Å². The minimum atomic E-state index is -0.332. The Bertz CT molecular complexity index is 735. The van der Waals surface area contributed by atoms with Gasteiger partial charge in [0.1, 0.15) is 11.4 Å². The molecule has 2 aliphatic heterocycles. The van der Waals surface area contributed by atoms with E-state index in [1.54, 1.807) is 16.7 Å². The van der Waals surface area contributed by atoms with Gasteiger partial charge in [-0.05, 0) is 11.1 Å². The van der Waals surface area contributed by atoms with Gasteiger partial charge < -0.3 is 0 Å². The number of carbonyl (C=O) groups excluding carboxylic acids is 2. The molecule has 2 atom stereocenters. The summed E-state index contributed by atoms with van der Waals surface area (Å²) in [7, 11) is 0. The fourth-order valence-corrected chi connectivity index (χ4v) is 4.54. The summed E-state index contributed by atoms with van der Waals surface area (Å²) in [5.41, 5.74) is 2.04. The Morgan fingerprint density at radius 3 is 2.30 bits per heavy atom. The lowest BCUT2D eigenvalue weighted by atomic mass is 10.2. The molecule has 0 radical (unpaired) electrons. The van der Waals surface area contributed by atoms with Gasteiger partial charge in [0.05, 0.1) is 6.54 Å². The number of rotatable bonds is 3. The molecular weight excluding hydrogens is 308 g/mol. The van der Waals surface area contributed by atoms with E-state index in [0.717, 1.165) is 11.1 Å². The molecule has 2 aromatic rings. The molecule has 0 aromatic heterocycles. The fraction of sp³-hybridized carbons (Fsp3) is 0.222. The molecule has 0 saturated carbocycles. The first-order valence-corrected chi connectivity index (χ1v) is 8.65. The summed E-state index contributed by atoms with van der Waals surface area (Å²) in [5, 5.41) is -0.0709. The van der Waals surface area contributed by atoms with Crippen LogP contribution < -0.4 is 0 Å². The first kappa shape index (κ1) is 14.3. The van der Waals surface area contributed by atoms with E-state index in [-0.39, 0.29) is 23.4 Å². The summed E-state index contributed by atoms with van der Waals surface area (Å²) >= 11 is 1.66. The monoisotopic (exact) mass is 324 g/mol. The van der Waals surface area contributed by atoms with Crippen LogP contribution in [0.4, 0.5) is 4.79 Å². The van der Waals surface area contributed by atoms with Crippen LogP contribution in [-0.2, 0) is 11.3 Å². The number of thioether (sulfide) groups is 1. The molecule has 5 heteroatoms. The van der Waals surface area contributed by atoms with Gasteiger partial charge in [-0.15, -0.1) is 11.8 Å². The van der Waals surface area contributed by atoms with E-state index in [4.69, 9.17) is 0 Å². The van der Waals surface area contributed by atoms with Gasteiger partial charge in [-0.25, -0.2) is 4.79 Å². The third kappa shape index (κ3) is 2.41. The van der Waals surface area contributed by atoms with Crippen molar-refractivity contribution in [2.75, 3.05) is 5.75 Å². The molecule has 116 valence electrons. The van der Waals surface area contributed by atoms with Gasteiger partial charge in [-0.1, -0.05) is 60.7 Å². The topological polar surface area (TPSA) is 40.6 Å². The van der Waals surface area contributed by atoms with Crippen LogP contribution in [-0.4, -0.2) is 33.5 Å². The molecule has 2 fully saturated rings. The van der Waals surface area contributed by atoms with E-state index in [1.807, 2.05) is 60.7 Å². The van der Waals surface area contributed by atoms with Gasteiger partial charge in [-0.2, -0.15) is 0 Å². The molecule has 4 nitrogen and oxygen atoms in total. The zero-order chi connectivity index (χ0) is 15.8. The van der Waals surface area contributed by atoms with Crippen molar-refractivity contribution >= 4 is 23.7 Å². The zero-order valence-corrected chi connectivity index (χ0v) is 13.3. The van der Waals surface area contributed by atoms with E-state index in [2.05, 4.69) is 0 Å². The summed E-state index contributed by atoms with van der Waals surface area (Å²) in [4.78, 5) is 28.6. The van der Waals surface area contributed by atoms with Gasteiger partial charge >= 0.3 is 6.03 Å². The van der Waals surface area contributed by atoms with E-state index in [9.17, 15) is 9.59 Å². The highest BCUT2D eigenvalue weighted by Gasteiger charge is 2.52. The molecule has 23 heavy (non-hydrogen) atoms. The van der Waals surface area contributed by atoms with Gasteiger partial charge in [0.2, 0.25) is 0 Å². The van der Waals surface area contributed by atoms with E-state index in [1.165, 1.54) is 4.90 Å². The second-order valence-corrected chi connectivity index (χ2v) is 6.83. The van der Waals surface area contributed by atoms with Crippen molar-refractivity contribution in [2.24, 2.45) is 0 Å². The molecule has 0 spiro atoms. The average molecular weight is 324 g/mol. The zero-order valence-electron chi connectivity index (χ0n) is 12.5. The smallest absolute Gasteiger partial charge is 0.295 e. The Hall–Kier alpha value is -2.27. The molecule has 3 amide bonds. The minimum Gasteiger partial charge on any atom is -0.295 e. The van der Waals surface area contributed by atoms with Crippen LogP contribution in [0.15, 0.2) is 60.7 Å². The SMILES string of the molecule is O=C1[C@@H]2CS[C@@H](c3ccccc3)N2C(=O)N1Cc1ccccc1.